The van der Waals surface area contributed by atoms with Crippen molar-refractivity contribution in [3.63, 3.8) is 0 Å². The minimum atomic E-state index is -0.992. The number of rotatable bonds is 6. The van der Waals surface area contributed by atoms with E-state index >= 15 is 0 Å². The summed E-state index contributed by atoms with van der Waals surface area (Å²) in [5, 5.41) is 12.6. The van der Waals surface area contributed by atoms with E-state index in [-0.39, 0.29) is 19.9 Å². The van der Waals surface area contributed by atoms with Gasteiger partial charge >= 0.3 is 12.1 Å². The molecule has 2 heterocycles. The summed E-state index contributed by atoms with van der Waals surface area (Å²) < 4.78 is 21.3. The zero-order chi connectivity index (χ0) is 26.0. The Kier molecular flexibility index (Phi) is 7.07. The van der Waals surface area contributed by atoms with Crippen LogP contribution in [-0.4, -0.2) is 60.6 Å². The van der Waals surface area contributed by atoms with E-state index in [1.54, 1.807) is 69.2 Å². The van der Waals surface area contributed by atoms with Crippen LogP contribution in [0.3, 0.4) is 0 Å². The van der Waals surface area contributed by atoms with Gasteiger partial charge < -0.3 is 24.1 Å². The molecule has 0 saturated carbocycles. The molecule has 2 aliphatic rings. The lowest BCUT2D eigenvalue weighted by Crippen LogP contribution is -2.42. The topological polar surface area (TPSA) is 124 Å². The minimum absolute atomic E-state index is 0.108. The summed E-state index contributed by atoms with van der Waals surface area (Å²) in [5.41, 5.74) is 0.722. The van der Waals surface area contributed by atoms with Gasteiger partial charge in [-0.3, -0.25) is 19.8 Å². The molecule has 2 aromatic rings. The second-order valence-electron chi connectivity index (χ2n) is 9.78. The fraction of sp³-hybridized carbons (Fsp3) is 0.423. The Morgan fingerprint density at radius 3 is 2.36 bits per heavy atom. The van der Waals surface area contributed by atoms with Crippen molar-refractivity contribution in [3.8, 4) is 17.2 Å². The van der Waals surface area contributed by atoms with Gasteiger partial charge in [-0.05, 0) is 56.2 Å². The third kappa shape index (κ3) is 5.54. The van der Waals surface area contributed by atoms with Crippen molar-refractivity contribution in [2.75, 3.05) is 27.0 Å². The van der Waals surface area contributed by atoms with Crippen LogP contribution >= 0.6 is 0 Å². The first-order valence-corrected chi connectivity index (χ1v) is 11.6. The third-order valence-electron chi connectivity index (χ3n) is 6.15. The van der Waals surface area contributed by atoms with Crippen molar-refractivity contribution in [2.24, 2.45) is 5.92 Å². The summed E-state index contributed by atoms with van der Waals surface area (Å²) in [6, 6.07) is 11.8. The minimum Gasteiger partial charge on any atom is -0.497 e. The van der Waals surface area contributed by atoms with Gasteiger partial charge in [0.2, 0.25) is 12.7 Å². The SMILES string of the molecule is COc1ccc(C2C(C(=O)O)C(c3ccc4c(c3)OCO4)CN2CC(=O)NC(=O)OC(C)(C)C)cc1. The predicted octanol–water partition coefficient (Wildman–Crippen LogP) is 3.32. The largest absolute Gasteiger partial charge is 0.497 e. The molecule has 2 N–H and O–H groups in total. The summed E-state index contributed by atoms with van der Waals surface area (Å²) >= 11 is 0. The van der Waals surface area contributed by atoms with Crippen LogP contribution in [0.1, 0.15) is 43.9 Å². The van der Waals surface area contributed by atoms with Crippen LogP contribution in [0, 0.1) is 5.92 Å². The van der Waals surface area contributed by atoms with Crippen LogP contribution in [0.15, 0.2) is 42.5 Å². The zero-order valence-corrected chi connectivity index (χ0v) is 20.6. The number of carboxylic acid groups (broad SMARTS) is 1. The number of aliphatic carboxylic acids is 1. The van der Waals surface area contributed by atoms with Crippen LogP contribution in [-0.2, 0) is 14.3 Å². The molecular weight excluding hydrogens is 468 g/mol. The summed E-state index contributed by atoms with van der Waals surface area (Å²) in [7, 11) is 1.55. The van der Waals surface area contributed by atoms with Crippen LogP contribution in [0.5, 0.6) is 17.2 Å². The summed E-state index contributed by atoms with van der Waals surface area (Å²) in [5.74, 6) is -1.11. The molecule has 3 unspecified atom stereocenters. The summed E-state index contributed by atoms with van der Waals surface area (Å²) in [6.07, 6.45) is -0.852. The van der Waals surface area contributed by atoms with Crippen LogP contribution in [0.2, 0.25) is 0 Å². The number of imide groups is 1. The van der Waals surface area contributed by atoms with E-state index in [9.17, 15) is 19.5 Å². The predicted molar refractivity (Wildman–Crippen MR) is 128 cm³/mol. The number of carbonyl (C=O) groups is 3. The molecule has 2 amide bonds. The molecule has 2 aromatic carbocycles. The maximum absolute atomic E-state index is 12.8. The number of alkyl carbamates (subject to hydrolysis) is 1. The number of nitrogens with zero attached hydrogens (tertiary/aromatic N) is 1. The molecule has 4 rings (SSSR count). The molecule has 1 fully saturated rings. The number of carbonyl (C=O) groups excluding carboxylic acids is 2. The monoisotopic (exact) mass is 498 g/mol. The highest BCUT2D eigenvalue weighted by Crippen LogP contribution is 2.47. The molecule has 2 aliphatic heterocycles. The highest BCUT2D eigenvalue weighted by atomic mass is 16.7. The van der Waals surface area contributed by atoms with Gasteiger partial charge in [0.25, 0.3) is 0 Å². The number of ether oxygens (including phenoxy) is 4. The van der Waals surface area contributed by atoms with Crippen molar-refractivity contribution in [2.45, 2.75) is 38.3 Å². The number of benzene rings is 2. The van der Waals surface area contributed by atoms with Gasteiger partial charge in [0.05, 0.1) is 19.6 Å². The fourth-order valence-corrected chi connectivity index (χ4v) is 4.71. The molecule has 10 heteroatoms. The standard InChI is InChI=1S/C26H30N2O8/c1-26(2,3)36-25(32)27-21(29)13-28-12-18(16-7-10-19-20(11-16)35-14-34-19)22(24(30)31)23(28)15-5-8-17(33-4)9-6-15/h5-11,18,22-23H,12-14H2,1-4H3,(H,30,31)(H,27,29,32). The van der Waals surface area contributed by atoms with E-state index in [1.807, 2.05) is 6.07 Å². The molecule has 10 nitrogen and oxygen atoms in total. The summed E-state index contributed by atoms with van der Waals surface area (Å²) in [6.45, 7) is 5.28. The number of carboxylic acids is 1. The third-order valence-corrected chi connectivity index (χ3v) is 6.15. The van der Waals surface area contributed by atoms with Gasteiger partial charge in [-0.15, -0.1) is 0 Å². The number of fused-ring (bicyclic) bond motifs is 1. The van der Waals surface area contributed by atoms with Crippen molar-refractivity contribution in [3.05, 3.63) is 53.6 Å². The second kappa shape index (κ2) is 10.1. The molecule has 0 bridgehead atoms. The number of methoxy groups -OCH3 is 1. The first kappa shape index (κ1) is 25.3. The molecule has 0 aromatic heterocycles. The number of likely N-dealkylation sites (tertiary alicyclic amines) is 1. The molecular formula is C26H30N2O8. The van der Waals surface area contributed by atoms with Gasteiger partial charge in [0, 0.05) is 18.5 Å². The van der Waals surface area contributed by atoms with Gasteiger partial charge in [-0.2, -0.15) is 0 Å². The first-order valence-electron chi connectivity index (χ1n) is 11.6. The lowest BCUT2D eigenvalue weighted by molar-refractivity contribution is -0.143. The number of amides is 2. The Morgan fingerprint density at radius 1 is 1.06 bits per heavy atom. The highest BCUT2D eigenvalue weighted by molar-refractivity contribution is 5.93. The normalized spacial score (nSPS) is 21.2. The summed E-state index contributed by atoms with van der Waals surface area (Å²) in [4.78, 5) is 39.3. The quantitative estimate of drug-likeness (QED) is 0.617. The fourth-order valence-electron chi connectivity index (χ4n) is 4.71. The van der Waals surface area contributed by atoms with Gasteiger partial charge in [-0.1, -0.05) is 18.2 Å². The average Bonchev–Trinajstić information content (AvgIpc) is 3.41. The van der Waals surface area contributed by atoms with Crippen molar-refractivity contribution < 1.29 is 38.4 Å². The molecule has 0 radical (unpaired) electrons. The molecule has 0 aliphatic carbocycles. The van der Waals surface area contributed by atoms with E-state index in [1.165, 1.54) is 0 Å². The van der Waals surface area contributed by atoms with Crippen molar-refractivity contribution in [1.29, 1.82) is 0 Å². The molecule has 1 saturated heterocycles. The van der Waals surface area contributed by atoms with E-state index in [4.69, 9.17) is 18.9 Å². The number of nitrogens with one attached hydrogen (secondary N) is 1. The van der Waals surface area contributed by atoms with Gasteiger partial charge in [0.1, 0.15) is 11.4 Å². The first-order chi connectivity index (χ1) is 17.1. The Morgan fingerprint density at radius 2 is 1.72 bits per heavy atom. The highest BCUT2D eigenvalue weighted by Gasteiger charge is 2.48. The van der Waals surface area contributed by atoms with Crippen molar-refractivity contribution in [1.82, 2.24) is 10.2 Å². The Balaban J connectivity index is 1.64. The van der Waals surface area contributed by atoms with E-state index in [0.29, 0.717) is 17.2 Å². The van der Waals surface area contributed by atoms with E-state index in [2.05, 4.69) is 5.32 Å². The van der Waals surface area contributed by atoms with Crippen LogP contribution in [0.4, 0.5) is 4.79 Å². The lowest BCUT2D eigenvalue weighted by atomic mass is 9.82. The maximum Gasteiger partial charge on any atom is 0.414 e. The Bertz CT molecular complexity index is 1140. The molecule has 192 valence electrons. The van der Waals surface area contributed by atoms with Gasteiger partial charge in [0.15, 0.2) is 11.5 Å². The second-order valence-corrected chi connectivity index (χ2v) is 9.78. The van der Waals surface area contributed by atoms with Gasteiger partial charge in [-0.25, -0.2) is 4.79 Å². The van der Waals surface area contributed by atoms with Crippen molar-refractivity contribution >= 4 is 18.0 Å². The van der Waals surface area contributed by atoms with Crippen LogP contribution < -0.4 is 19.5 Å². The molecule has 0 spiro atoms. The lowest BCUT2D eigenvalue weighted by Gasteiger charge is -2.27. The Hall–Kier alpha value is -3.79. The Labute approximate surface area is 209 Å². The maximum atomic E-state index is 12.8. The number of hydrogen-bond donors (Lipinski definition) is 2. The average molecular weight is 499 g/mol. The zero-order valence-electron chi connectivity index (χ0n) is 20.6. The smallest absolute Gasteiger partial charge is 0.414 e. The van der Waals surface area contributed by atoms with Crippen LogP contribution in [0.25, 0.3) is 0 Å². The number of hydrogen-bond acceptors (Lipinski definition) is 8. The van der Waals surface area contributed by atoms with E-state index < -0.39 is 41.4 Å². The molecule has 36 heavy (non-hydrogen) atoms. The molecule has 3 atom stereocenters. The van der Waals surface area contributed by atoms with E-state index in [0.717, 1.165) is 11.1 Å².